The normalized spacial score (nSPS) is 10.0. The second-order valence-electron chi connectivity index (χ2n) is 3.79. The van der Waals surface area contributed by atoms with Gasteiger partial charge in [-0.15, -0.1) is 0 Å². The van der Waals surface area contributed by atoms with Crippen LogP contribution in [-0.2, 0) is 4.79 Å². The van der Waals surface area contributed by atoms with Crippen molar-refractivity contribution in [1.82, 2.24) is 4.90 Å². The van der Waals surface area contributed by atoms with Crippen molar-refractivity contribution in [2.45, 2.75) is 6.42 Å². The van der Waals surface area contributed by atoms with Crippen LogP contribution in [0.3, 0.4) is 0 Å². The third-order valence-corrected chi connectivity index (χ3v) is 3.06. The number of non-ortho nitro benzene ring substituents is 1. The highest BCUT2D eigenvalue weighted by Gasteiger charge is 2.18. The fraction of sp³-hybridized carbons (Fsp3) is 0.273. The number of nitro benzene ring substituents is 1. The first-order valence-electron chi connectivity index (χ1n) is 5.24. The van der Waals surface area contributed by atoms with E-state index in [4.69, 9.17) is 5.11 Å². The van der Waals surface area contributed by atoms with Gasteiger partial charge < -0.3 is 10.0 Å². The quantitative estimate of drug-likeness (QED) is 0.656. The fourth-order valence-electron chi connectivity index (χ4n) is 1.36. The van der Waals surface area contributed by atoms with Gasteiger partial charge in [0.2, 0.25) is 0 Å². The number of hydrogen-bond donors (Lipinski definition) is 1. The molecule has 102 valence electrons. The molecular formula is C11H11BrN2O5. The third kappa shape index (κ3) is 4.02. The number of nitrogens with zero attached hydrogens (tertiary/aromatic N) is 2. The number of carboxylic acid groups (broad SMARTS) is 1. The van der Waals surface area contributed by atoms with Gasteiger partial charge in [0.15, 0.2) is 0 Å². The first kappa shape index (κ1) is 15.1. The number of amides is 1. The molecule has 0 atom stereocenters. The number of halogens is 1. The summed E-state index contributed by atoms with van der Waals surface area (Å²) in [5, 5.41) is 19.1. The van der Waals surface area contributed by atoms with E-state index in [0.717, 1.165) is 0 Å². The molecule has 0 saturated carbocycles. The van der Waals surface area contributed by atoms with Gasteiger partial charge in [0.1, 0.15) is 0 Å². The highest BCUT2D eigenvalue weighted by atomic mass is 79.9. The van der Waals surface area contributed by atoms with Crippen LogP contribution in [0.5, 0.6) is 0 Å². The molecule has 7 nitrogen and oxygen atoms in total. The Balaban J connectivity index is 2.88. The maximum absolute atomic E-state index is 12.0. The minimum Gasteiger partial charge on any atom is -0.481 e. The molecule has 0 bridgehead atoms. The van der Waals surface area contributed by atoms with Crippen molar-refractivity contribution >= 4 is 33.5 Å². The number of benzene rings is 1. The van der Waals surface area contributed by atoms with Crippen LogP contribution in [0.2, 0.25) is 0 Å². The van der Waals surface area contributed by atoms with E-state index < -0.39 is 16.8 Å². The number of aliphatic carboxylic acids is 1. The Morgan fingerprint density at radius 2 is 2.11 bits per heavy atom. The van der Waals surface area contributed by atoms with Crippen molar-refractivity contribution in [3.63, 3.8) is 0 Å². The van der Waals surface area contributed by atoms with Crippen LogP contribution >= 0.6 is 15.9 Å². The molecule has 19 heavy (non-hydrogen) atoms. The van der Waals surface area contributed by atoms with E-state index >= 15 is 0 Å². The molecule has 1 aromatic rings. The van der Waals surface area contributed by atoms with E-state index in [1.54, 1.807) is 0 Å². The van der Waals surface area contributed by atoms with Gasteiger partial charge in [0, 0.05) is 30.2 Å². The number of carboxylic acids is 1. The Bertz CT molecular complexity index is 532. The van der Waals surface area contributed by atoms with Crippen molar-refractivity contribution in [2.24, 2.45) is 0 Å². The lowest BCUT2D eigenvalue weighted by atomic mass is 10.2. The Hall–Kier alpha value is -1.96. The van der Waals surface area contributed by atoms with Crippen molar-refractivity contribution in [1.29, 1.82) is 0 Å². The molecule has 1 N–H and O–H groups in total. The lowest BCUT2D eigenvalue weighted by molar-refractivity contribution is -0.384. The summed E-state index contributed by atoms with van der Waals surface area (Å²) in [5.74, 6) is -1.40. The maximum Gasteiger partial charge on any atom is 0.305 e. The SMILES string of the molecule is CN(CCC(=O)O)C(=O)c1ccc([N+](=O)[O-])cc1Br. The number of carbonyl (C=O) groups excluding carboxylic acids is 1. The largest absolute Gasteiger partial charge is 0.481 e. The molecule has 0 heterocycles. The summed E-state index contributed by atoms with van der Waals surface area (Å²) in [6.45, 7) is 0.0671. The van der Waals surface area contributed by atoms with Gasteiger partial charge in [-0.3, -0.25) is 19.7 Å². The van der Waals surface area contributed by atoms with Gasteiger partial charge >= 0.3 is 5.97 Å². The highest BCUT2D eigenvalue weighted by molar-refractivity contribution is 9.10. The second-order valence-corrected chi connectivity index (χ2v) is 4.65. The third-order valence-electron chi connectivity index (χ3n) is 2.40. The highest BCUT2D eigenvalue weighted by Crippen LogP contribution is 2.23. The number of carbonyl (C=O) groups is 2. The van der Waals surface area contributed by atoms with Gasteiger partial charge in [0.05, 0.1) is 16.9 Å². The predicted molar refractivity (Wildman–Crippen MR) is 70.0 cm³/mol. The predicted octanol–water partition coefficient (Wildman–Crippen LogP) is 1.90. The zero-order chi connectivity index (χ0) is 14.6. The number of nitro groups is 1. The summed E-state index contributed by atoms with van der Waals surface area (Å²) in [6.07, 6.45) is -0.160. The minimum atomic E-state index is -0.998. The molecular weight excluding hydrogens is 320 g/mol. The fourth-order valence-corrected chi connectivity index (χ4v) is 1.90. The van der Waals surface area contributed by atoms with Crippen molar-refractivity contribution in [3.05, 3.63) is 38.3 Å². The molecule has 0 aromatic heterocycles. The van der Waals surface area contributed by atoms with Crippen molar-refractivity contribution < 1.29 is 19.6 Å². The van der Waals surface area contributed by atoms with E-state index in [1.807, 2.05) is 0 Å². The molecule has 8 heteroatoms. The lowest BCUT2D eigenvalue weighted by Gasteiger charge is -2.16. The molecule has 1 aromatic carbocycles. The van der Waals surface area contributed by atoms with E-state index in [9.17, 15) is 19.7 Å². The average molecular weight is 331 g/mol. The monoisotopic (exact) mass is 330 g/mol. The Morgan fingerprint density at radius 1 is 1.47 bits per heavy atom. The Kier molecular flexibility index (Phi) is 4.99. The van der Waals surface area contributed by atoms with Crippen LogP contribution < -0.4 is 0 Å². The van der Waals surface area contributed by atoms with Crippen LogP contribution in [0.15, 0.2) is 22.7 Å². The van der Waals surface area contributed by atoms with E-state index in [-0.39, 0.29) is 24.2 Å². The van der Waals surface area contributed by atoms with Crippen LogP contribution in [0, 0.1) is 10.1 Å². The van der Waals surface area contributed by atoms with E-state index in [0.29, 0.717) is 4.47 Å². The molecule has 0 unspecified atom stereocenters. The standard InChI is InChI=1S/C11H11BrN2O5/c1-13(5-4-10(15)16)11(17)8-3-2-7(14(18)19)6-9(8)12/h2-3,6H,4-5H2,1H3,(H,15,16). The van der Waals surface area contributed by atoms with Crippen LogP contribution in [0.4, 0.5) is 5.69 Å². The molecule has 1 amide bonds. The summed E-state index contributed by atoms with van der Waals surface area (Å²) in [6, 6.07) is 3.79. The summed E-state index contributed by atoms with van der Waals surface area (Å²) in [5.41, 5.74) is 0.120. The van der Waals surface area contributed by atoms with Crippen molar-refractivity contribution in [3.8, 4) is 0 Å². The number of rotatable bonds is 5. The van der Waals surface area contributed by atoms with Gasteiger partial charge in [0.25, 0.3) is 11.6 Å². The summed E-state index contributed by atoms with van der Waals surface area (Å²) >= 11 is 3.10. The lowest BCUT2D eigenvalue weighted by Crippen LogP contribution is -2.29. The van der Waals surface area contributed by atoms with Crippen molar-refractivity contribution in [2.75, 3.05) is 13.6 Å². The average Bonchev–Trinajstić information content (AvgIpc) is 2.34. The van der Waals surface area contributed by atoms with Crippen LogP contribution in [0.1, 0.15) is 16.8 Å². The van der Waals surface area contributed by atoms with E-state index in [1.165, 1.54) is 30.1 Å². The van der Waals surface area contributed by atoms with Gasteiger partial charge in [-0.05, 0) is 22.0 Å². The first-order valence-corrected chi connectivity index (χ1v) is 6.03. The molecule has 0 aliphatic carbocycles. The van der Waals surface area contributed by atoms with E-state index in [2.05, 4.69) is 15.9 Å². The summed E-state index contributed by atoms with van der Waals surface area (Å²) in [4.78, 5) is 33.7. The molecule has 1 rings (SSSR count). The van der Waals surface area contributed by atoms with Gasteiger partial charge in [-0.2, -0.15) is 0 Å². The smallest absolute Gasteiger partial charge is 0.305 e. The minimum absolute atomic E-state index is 0.0671. The zero-order valence-corrected chi connectivity index (χ0v) is 11.6. The molecule has 0 saturated heterocycles. The molecule has 0 fully saturated rings. The summed E-state index contributed by atoms with van der Waals surface area (Å²) < 4.78 is 0.300. The van der Waals surface area contributed by atoms with Crippen LogP contribution in [0.25, 0.3) is 0 Å². The number of hydrogen-bond acceptors (Lipinski definition) is 4. The zero-order valence-electron chi connectivity index (χ0n) is 10.00. The summed E-state index contributed by atoms with van der Waals surface area (Å²) in [7, 11) is 1.47. The Morgan fingerprint density at radius 3 is 2.58 bits per heavy atom. The Labute approximate surface area is 117 Å². The second kappa shape index (κ2) is 6.28. The van der Waals surface area contributed by atoms with Gasteiger partial charge in [-0.1, -0.05) is 0 Å². The first-order chi connectivity index (χ1) is 8.82. The van der Waals surface area contributed by atoms with Gasteiger partial charge in [-0.25, -0.2) is 0 Å². The molecule has 0 aliphatic rings. The molecule has 0 radical (unpaired) electrons. The molecule has 0 spiro atoms. The van der Waals surface area contributed by atoms with Crippen LogP contribution in [-0.4, -0.2) is 40.4 Å². The molecule has 0 aliphatic heterocycles. The maximum atomic E-state index is 12.0. The topological polar surface area (TPSA) is 101 Å².